The first-order chi connectivity index (χ1) is 11.3. The lowest BCUT2D eigenvalue weighted by molar-refractivity contribution is -0.125. The summed E-state index contributed by atoms with van der Waals surface area (Å²) < 4.78 is 0. The van der Waals surface area contributed by atoms with E-state index in [0.29, 0.717) is 17.6 Å². The third-order valence-corrected chi connectivity index (χ3v) is 7.59. The summed E-state index contributed by atoms with van der Waals surface area (Å²) in [5.41, 5.74) is 1.78. The number of fused-ring (bicyclic) bond motifs is 5. The molecule has 0 aromatic carbocycles. The van der Waals surface area contributed by atoms with Crippen LogP contribution in [-0.2, 0) is 9.59 Å². The summed E-state index contributed by atoms with van der Waals surface area (Å²) in [7, 11) is 0. The average molecular weight is 326 g/mol. The van der Waals surface area contributed by atoms with Crippen LogP contribution in [0.15, 0.2) is 35.1 Å². The molecule has 0 spiro atoms. The van der Waals surface area contributed by atoms with Gasteiger partial charge in [-0.3, -0.25) is 9.59 Å². The molecular weight excluding hydrogens is 300 g/mol. The minimum atomic E-state index is -0.579. The SMILES string of the molecule is CC(=O)[C@H]1CC[C@H]2[C@@H]3CCC4=CC(O)=CC(=O)[C@]4(C)C3=CC[C@]12C. The smallest absolute Gasteiger partial charge is 0.173 e. The van der Waals surface area contributed by atoms with E-state index in [1.807, 2.05) is 6.92 Å². The van der Waals surface area contributed by atoms with Gasteiger partial charge in [0.1, 0.15) is 11.5 Å². The minimum absolute atomic E-state index is 0.0122. The van der Waals surface area contributed by atoms with E-state index in [9.17, 15) is 14.7 Å². The second-order valence-electron chi connectivity index (χ2n) is 8.59. The lowest BCUT2D eigenvalue weighted by atomic mass is 9.51. The molecule has 0 bridgehead atoms. The van der Waals surface area contributed by atoms with Gasteiger partial charge in [-0.2, -0.15) is 0 Å². The fourth-order valence-electron chi connectivity index (χ4n) is 6.28. The predicted molar refractivity (Wildman–Crippen MR) is 92.3 cm³/mol. The molecule has 128 valence electrons. The normalized spacial score (nSPS) is 43.9. The van der Waals surface area contributed by atoms with Crippen LogP contribution in [-0.4, -0.2) is 16.7 Å². The highest BCUT2D eigenvalue weighted by Gasteiger charge is 2.58. The Morgan fingerprint density at radius 3 is 2.67 bits per heavy atom. The zero-order chi connectivity index (χ0) is 17.3. The molecule has 3 nitrogen and oxygen atoms in total. The molecule has 5 atom stereocenters. The summed E-state index contributed by atoms with van der Waals surface area (Å²) in [4.78, 5) is 24.9. The van der Waals surface area contributed by atoms with Crippen LogP contribution >= 0.6 is 0 Å². The van der Waals surface area contributed by atoms with E-state index in [0.717, 1.165) is 37.7 Å². The maximum Gasteiger partial charge on any atom is 0.173 e. The van der Waals surface area contributed by atoms with Crippen molar-refractivity contribution >= 4 is 11.6 Å². The molecule has 0 heterocycles. The Hall–Kier alpha value is -1.64. The van der Waals surface area contributed by atoms with E-state index >= 15 is 0 Å². The van der Waals surface area contributed by atoms with E-state index < -0.39 is 5.41 Å². The van der Waals surface area contributed by atoms with Crippen molar-refractivity contribution in [3.8, 4) is 0 Å². The molecule has 2 fully saturated rings. The Morgan fingerprint density at radius 1 is 1.21 bits per heavy atom. The van der Waals surface area contributed by atoms with Crippen molar-refractivity contribution in [2.75, 3.05) is 0 Å². The third kappa shape index (κ3) is 1.84. The molecule has 0 radical (unpaired) electrons. The van der Waals surface area contributed by atoms with Crippen LogP contribution < -0.4 is 0 Å². The van der Waals surface area contributed by atoms with Gasteiger partial charge in [0.15, 0.2) is 5.78 Å². The Labute approximate surface area is 143 Å². The van der Waals surface area contributed by atoms with Gasteiger partial charge in [0, 0.05) is 12.0 Å². The lowest BCUT2D eigenvalue weighted by Gasteiger charge is -2.52. The fourth-order valence-corrected chi connectivity index (χ4v) is 6.28. The van der Waals surface area contributed by atoms with Gasteiger partial charge in [0.05, 0.1) is 5.41 Å². The molecule has 4 aliphatic carbocycles. The molecule has 0 saturated heterocycles. The molecule has 0 amide bonds. The molecular formula is C21H26O3. The fraction of sp³-hybridized carbons (Fsp3) is 0.619. The van der Waals surface area contributed by atoms with Crippen LogP contribution in [0.3, 0.4) is 0 Å². The number of carbonyl (C=O) groups excluding carboxylic acids is 2. The number of rotatable bonds is 1. The summed E-state index contributed by atoms with van der Waals surface area (Å²) >= 11 is 0. The zero-order valence-electron chi connectivity index (χ0n) is 14.8. The Kier molecular flexibility index (Phi) is 3.26. The maximum atomic E-state index is 12.8. The molecule has 0 aromatic heterocycles. The van der Waals surface area contributed by atoms with Crippen LogP contribution in [0.25, 0.3) is 0 Å². The number of hydrogen-bond donors (Lipinski definition) is 1. The number of aliphatic hydroxyl groups is 1. The Bertz CT molecular complexity index is 725. The predicted octanol–water partition coefficient (Wildman–Crippen LogP) is 4.31. The first-order valence-corrected chi connectivity index (χ1v) is 9.15. The van der Waals surface area contributed by atoms with Gasteiger partial charge in [0.2, 0.25) is 0 Å². The molecule has 0 aliphatic heterocycles. The standard InChI is InChI=1S/C21H26O3/c1-12(22)16-6-7-17-15-5-4-13-10-14(23)11-19(24)21(13,3)18(15)8-9-20(16,17)2/h8,10-11,15-17,23H,4-7,9H2,1-3H3/t15-,16+,17-,20+,21-/m0/s1. The second kappa shape index (κ2) is 4.93. The topological polar surface area (TPSA) is 54.4 Å². The monoisotopic (exact) mass is 326 g/mol. The molecule has 0 unspecified atom stereocenters. The van der Waals surface area contributed by atoms with Crippen LogP contribution in [0.2, 0.25) is 0 Å². The molecule has 4 rings (SSSR count). The number of allylic oxidation sites excluding steroid dienone is 5. The summed E-state index contributed by atoms with van der Waals surface area (Å²) in [6.07, 6.45) is 10.3. The van der Waals surface area contributed by atoms with Crippen LogP contribution in [0.4, 0.5) is 0 Å². The molecule has 1 N–H and O–H groups in total. The van der Waals surface area contributed by atoms with Crippen LogP contribution in [0.5, 0.6) is 0 Å². The lowest BCUT2D eigenvalue weighted by Crippen LogP contribution is -2.47. The largest absolute Gasteiger partial charge is 0.508 e. The summed E-state index contributed by atoms with van der Waals surface area (Å²) in [5, 5.41) is 9.82. The molecule has 4 aliphatic rings. The number of carbonyl (C=O) groups is 2. The molecule has 3 heteroatoms. The number of aliphatic hydroxyl groups excluding tert-OH is 1. The van der Waals surface area contributed by atoms with Crippen molar-refractivity contribution in [2.24, 2.45) is 28.6 Å². The highest BCUT2D eigenvalue weighted by Crippen LogP contribution is 2.63. The van der Waals surface area contributed by atoms with Gasteiger partial charge >= 0.3 is 0 Å². The van der Waals surface area contributed by atoms with Gasteiger partial charge in [-0.05, 0) is 74.9 Å². The van der Waals surface area contributed by atoms with Gasteiger partial charge in [-0.25, -0.2) is 0 Å². The molecule has 0 aromatic rings. The van der Waals surface area contributed by atoms with Crippen molar-refractivity contribution in [3.63, 3.8) is 0 Å². The van der Waals surface area contributed by atoms with Crippen molar-refractivity contribution in [3.05, 3.63) is 35.1 Å². The van der Waals surface area contributed by atoms with E-state index in [1.165, 1.54) is 11.6 Å². The first kappa shape index (κ1) is 15.9. The molecule has 2 saturated carbocycles. The maximum absolute atomic E-state index is 12.8. The third-order valence-electron chi connectivity index (χ3n) is 7.59. The first-order valence-electron chi connectivity index (χ1n) is 9.15. The van der Waals surface area contributed by atoms with Crippen molar-refractivity contribution in [2.45, 2.75) is 52.9 Å². The van der Waals surface area contributed by atoms with Gasteiger partial charge in [-0.15, -0.1) is 0 Å². The van der Waals surface area contributed by atoms with Crippen LogP contribution in [0, 0.1) is 28.6 Å². The summed E-state index contributed by atoms with van der Waals surface area (Å²) in [6.45, 7) is 6.05. The quantitative estimate of drug-likeness (QED) is 0.731. The molecule has 24 heavy (non-hydrogen) atoms. The highest BCUT2D eigenvalue weighted by molar-refractivity contribution is 6.01. The van der Waals surface area contributed by atoms with E-state index in [1.54, 1.807) is 13.0 Å². The average Bonchev–Trinajstić information content (AvgIpc) is 2.86. The number of ketones is 2. The minimum Gasteiger partial charge on any atom is -0.508 e. The van der Waals surface area contributed by atoms with E-state index in [2.05, 4.69) is 13.0 Å². The van der Waals surface area contributed by atoms with Gasteiger partial charge < -0.3 is 5.11 Å². The van der Waals surface area contributed by atoms with E-state index in [-0.39, 0.29) is 22.9 Å². The number of Topliss-reactive ketones (excluding diaryl/α,β-unsaturated/α-hetero) is 1. The van der Waals surface area contributed by atoms with E-state index in [4.69, 9.17) is 0 Å². The summed E-state index contributed by atoms with van der Waals surface area (Å²) in [6, 6.07) is 0. The van der Waals surface area contributed by atoms with Crippen LogP contribution in [0.1, 0.15) is 52.9 Å². The van der Waals surface area contributed by atoms with Crippen molar-refractivity contribution in [1.82, 2.24) is 0 Å². The zero-order valence-corrected chi connectivity index (χ0v) is 14.8. The van der Waals surface area contributed by atoms with Gasteiger partial charge in [-0.1, -0.05) is 18.6 Å². The van der Waals surface area contributed by atoms with Crippen molar-refractivity contribution in [1.29, 1.82) is 0 Å². The van der Waals surface area contributed by atoms with Crippen molar-refractivity contribution < 1.29 is 14.7 Å². The number of hydrogen-bond acceptors (Lipinski definition) is 3. The second-order valence-corrected chi connectivity index (χ2v) is 8.59. The Balaban J connectivity index is 1.78. The highest BCUT2D eigenvalue weighted by atomic mass is 16.3. The Morgan fingerprint density at radius 2 is 1.96 bits per heavy atom. The summed E-state index contributed by atoms with van der Waals surface area (Å²) in [5.74, 6) is 1.48. The van der Waals surface area contributed by atoms with Gasteiger partial charge in [0.25, 0.3) is 0 Å².